The van der Waals surface area contributed by atoms with Crippen molar-refractivity contribution in [2.45, 2.75) is 19.0 Å². The fourth-order valence-electron chi connectivity index (χ4n) is 3.26. The van der Waals surface area contributed by atoms with Crippen LogP contribution in [0.4, 0.5) is 0 Å². The fraction of sp³-hybridized carbons (Fsp3) is 0.190. The maximum absolute atomic E-state index is 12.6. The Morgan fingerprint density at radius 3 is 2.65 bits per heavy atom. The number of pyridine rings is 1. The van der Waals surface area contributed by atoms with E-state index in [1.165, 1.54) is 0 Å². The van der Waals surface area contributed by atoms with Crippen LogP contribution in [0.1, 0.15) is 22.5 Å². The number of hydrogen-bond donors (Lipinski definition) is 1. The fourth-order valence-corrected chi connectivity index (χ4v) is 3.26. The molecule has 5 heteroatoms. The molecule has 0 saturated carbocycles. The van der Waals surface area contributed by atoms with Gasteiger partial charge in [-0.15, -0.1) is 0 Å². The topological polar surface area (TPSA) is 62.3 Å². The van der Waals surface area contributed by atoms with Crippen LogP contribution < -0.4 is 5.32 Å². The van der Waals surface area contributed by atoms with E-state index in [1.807, 2.05) is 60.7 Å². The molecular weight excluding hydrogens is 326 g/mol. The molecule has 130 valence electrons. The minimum absolute atomic E-state index is 0.0389. The number of fused-ring (bicyclic) bond motifs is 1. The molecule has 1 N–H and O–H groups in total. The van der Waals surface area contributed by atoms with Crippen LogP contribution in [0.5, 0.6) is 0 Å². The van der Waals surface area contributed by atoms with Gasteiger partial charge in [0.15, 0.2) is 0 Å². The van der Waals surface area contributed by atoms with Crippen molar-refractivity contribution in [3.8, 4) is 0 Å². The van der Waals surface area contributed by atoms with Gasteiger partial charge < -0.3 is 10.2 Å². The molecule has 0 spiro atoms. The molecule has 0 bridgehead atoms. The van der Waals surface area contributed by atoms with Crippen LogP contribution >= 0.6 is 0 Å². The highest BCUT2D eigenvalue weighted by Gasteiger charge is 2.33. The number of benzene rings is 2. The smallest absolute Gasteiger partial charge is 0.270 e. The Labute approximate surface area is 151 Å². The Morgan fingerprint density at radius 2 is 1.81 bits per heavy atom. The summed E-state index contributed by atoms with van der Waals surface area (Å²) in [7, 11) is 0. The number of carbonyl (C=O) groups is 2. The first kappa shape index (κ1) is 16.3. The molecular formula is C21H19N3O2. The van der Waals surface area contributed by atoms with Gasteiger partial charge in [-0.25, -0.2) is 4.98 Å². The molecule has 4 rings (SSSR count). The highest BCUT2D eigenvalue weighted by molar-refractivity contribution is 5.98. The summed E-state index contributed by atoms with van der Waals surface area (Å²) in [5, 5.41) is 3.81. The summed E-state index contributed by atoms with van der Waals surface area (Å²) in [6.07, 6.45) is 0.616. The highest BCUT2D eigenvalue weighted by atomic mass is 16.2. The second-order valence-electron chi connectivity index (χ2n) is 6.45. The lowest BCUT2D eigenvalue weighted by molar-refractivity contribution is -0.129. The van der Waals surface area contributed by atoms with E-state index >= 15 is 0 Å². The van der Waals surface area contributed by atoms with Gasteiger partial charge in [0.2, 0.25) is 5.91 Å². The number of aromatic nitrogens is 1. The van der Waals surface area contributed by atoms with Gasteiger partial charge in [0.05, 0.1) is 5.52 Å². The molecule has 0 radical (unpaired) electrons. The van der Waals surface area contributed by atoms with E-state index in [2.05, 4.69) is 10.3 Å². The van der Waals surface area contributed by atoms with E-state index in [0.29, 0.717) is 25.2 Å². The predicted molar refractivity (Wildman–Crippen MR) is 99.5 cm³/mol. The van der Waals surface area contributed by atoms with Crippen LogP contribution in [0.15, 0.2) is 66.7 Å². The Bertz CT molecular complexity index is 956. The molecule has 1 aliphatic rings. The van der Waals surface area contributed by atoms with Crippen molar-refractivity contribution in [3.63, 3.8) is 0 Å². The minimum atomic E-state index is -0.487. The lowest BCUT2D eigenvalue weighted by Gasteiger charge is -2.17. The van der Waals surface area contributed by atoms with Crippen LogP contribution in [-0.2, 0) is 11.3 Å². The molecule has 2 amide bonds. The van der Waals surface area contributed by atoms with Gasteiger partial charge in [-0.3, -0.25) is 9.59 Å². The molecule has 2 heterocycles. The summed E-state index contributed by atoms with van der Waals surface area (Å²) in [4.78, 5) is 31.3. The molecule has 5 nitrogen and oxygen atoms in total. The maximum atomic E-state index is 12.6. The van der Waals surface area contributed by atoms with Crippen molar-refractivity contribution in [2.75, 3.05) is 6.54 Å². The third kappa shape index (κ3) is 3.28. The van der Waals surface area contributed by atoms with Crippen LogP contribution in [0, 0.1) is 0 Å². The van der Waals surface area contributed by atoms with Gasteiger partial charge in [-0.05, 0) is 24.1 Å². The largest absolute Gasteiger partial charge is 0.339 e. The number of carbonyl (C=O) groups excluding carboxylic acids is 2. The van der Waals surface area contributed by atoms with Crippen molar-refractivity contribution >= 4 is 22.7 Å². The summed E-state index contributed by atoms with van der Waals surface area (Å²) < 4.78 is 0. The Kier molecular flexibility index (Phi) is 4.35. The first-order valence-electron chi connectivity index (χ1n) is 8.70. The third-order valence-electron chi connectivity index (χ3n) is 4.65. The summed E-state index contributed by atoms with van der Waals surface area (Å²) in [6, 6.07) is 20.6. The maximum Gasteiger partial charge on any atom is 0.270 e. The van der Waals surface area contributed by atoms with Gasteiger partial charge in [0.25, 0.3) is 5.91 Å². The second-order valence-corrected chi connectivity index (χ2v) is 6.45. The van der Waals surface area contributed by atoms with Crippen LogP contribution in [-0.4, -0.2) is 34.3 Å². The average molecular weight is 345 g/mol. The van der Waals surface area contributed by atoms with E-state index in [1.54, 1.807) is 11.0 Å². The SMILES string of the molecule is O=C(NC1CCN(Cc2ccccc2)C1=O)c1ccc2ccccc2n1. The molecule has 26 heavy (non-hydrogen) atoms. The van der Waals surface area contributed by atoms with E-state index < -0.39 is 6.04 Å². The monoisotopic (exact) mass is 345 g/mol. The van der Waals surface area contributed by atoms with Crippen LogP contribution in [0.25, 0.3) is 10.9 Å². The minimum Gasteiger partial charge on any atom is -0.339 e. The lowest BCUT2D eigenvalue weighted by atomic mass is 10.2. The van der Waals surface area contributed by atoms with Gasteiger partial charge in [0, 0.05) is 18.5 Å². The number of amides is 2. The molecule has 1 fully saturated rings. The van der Waals surface area contributed by atoms with Crippen molar-refractivity contribution in [2.24, 2.45) is 0 Å². The predicted octanol–water partition coefficient (Wildman–Crippen LogP) is 2.77. The number of likely N-dealkylation sites (tertiary alicyclic amines) is 1. The van der Waals surface area contributed by atoms with E-state index in [4.69, 9.17) is 0 Å². The van der Waals surface area contributed by atoms with Gasteiger partial charge in [0.1, 0.15) is 11.7 Å². The van der Waals surface area contributed by atoms with Crippen molar-refractivity contribution in [3.05, 3.63) is 78.0 Å². The standard InChI is InChI=1S/C21H19N3O2/c25-20(18-11-10-16-8-4-5-9-17(16)22-18)23-19-12-13-24(21(19)26)14-15-6-2-1-3-7-15/h1-11,19H,12-14H2,(H,23,25). The Morgan fingerprint density at radius 1 is 1.04 bits per heavy atom. The van der Waals surface area contributed by atoms with Gasteiger partial charge >= 0.3 is 0 Å². The molecule has 1 aliphatic heterocycles. The third-order valence-corrected chi connectivity index (χ3v) is 4.65. The number of hydrogen-bond acceptors (Lipinski definition) is 3. The van der Waals surface area contributed by atoms with Crippen LogP contribution in [0.3, 0.4) is 0 Å². The van der Waals surface area contributed by atoms with Crippen molar-refractivity contribution in [1.29, 1.82) is 0 Å². The number of nitrogens with zero attached hydrogens (tertiary/aromatic N) is 2. The van der Waals surface area contributed by atoms with Crippen LogP contribution in [0.2, 0.25) is 0 Å². The number of para-hydroxylation sites is 1. The highest BCUT2D eigenvalue weighted by Crippen LogP contribution is 2.16. The quantitative estimate of drug-likeness (QED) is 0.791. The normalized spacial score (nSPS) is 16.8. The Balaban J connectivity index is 1.43. The van der Waals surface area contributed by atoms with Crippen molar-refractivity contribution < 1.29 is 9.59 Å². The average Bonchev–Trinajstić information content (AvgIpc) is 3.02. The Hall–Kier alpha value is -3.21. The second kappa shape index (κ2) is 6.96. The van der Waals surface area contributed by atoms with E-state index in [0.717, 1.165) is 16.5 Å². The molecule has 0 aliphatic carbocycles. The van der Waals surface area contributed by atoms with Crippen molar-refractivity contribution in [1.82, 2.24) is 15.2 Å². The summed E-state index contributed by atoms with van der Waals surface area (Å²) >= 11 is 0. The summed E-state index contributed by atoms with van der Waals surface area (Å²) in [6.45, 7) is 1.21. The van der Waals surface area contributed by atoms with E-state index in [9.17, 15) is 9.59 Å². The molecule has 2 aromatic carbocycles. The van der Waals surface area contributed by atoms with Gasteiger partial charge in [-0.2, -0.15) is 0 Å². The number of rotatable bonds is 4. The molecule has 1 aromatic heterocycles. The molecule has 1 unspecified atom stereocenters. The van der Waals surface area contributed by atoms with Gasteiger partial charge in [-0.1, -0.05) is 54.6 Å². The first-order chi connectivity index (χ1) is 12.7. The van der Waals surface area contributed by atoms with E-state index in [-0.39, 0.29) is 11.8 Å². The molecule has 1 saturated heterocycles. The summed E-state index contributed by atoms with van der Waals surface area (Å²) in [5.41, 5.74) is 2.19. The zero-order valence-electron chi connectivity index (χ0n) is 14.3. The number of nitrogens with one attached hydrogen (secondary N) is 1. The molecule has 3 aromatic rings. The molecule has 1 atom stereocenters. The zero-order chi connectivity index (χ0) is 17.9. The zero-order valence-corrected chi connectivity index (χ0v) is 14.3. The first-order valence-corrected chi connectivity index (χ1v) is 8.70. The lowest BCUT2D eigenvalue weighted by Crippen LogP contribution is -2.41. The summed E-state index contributed by atoms with van der Waals surface area (Å²) in [5.74, 6) is -0.348.